The summed E-state index contributed by atoms with van der Waals surface area (Å²) in [4.78, 5) is 22.0. The highest BCUT2D eigenvalue weighted by Gasteiger charge is 2.17. The largest absolute Gasteiger partial charge is 0.369 e. The van der Waals surface area contributed by atoms with Crippen molar-refractivity contribution < 1.29 is 9.18 Å². The summed E-state index contributed by atoms with van der Waals surface area (Å²) in [5.74, 6) is -0.472. The predicted molar refractivity (Wildman–Crippen MR) is 128 cm³/mol. The fraction of sp³-hybridized carbons (Fsp3) is 0.385. The number of aromatic nitrogens is 1. The molecule has 1 N–H and O–H groups in total. The number of unbranched alkanes of at least 4 members (excludes halogenated alkanes) is 1. The van der Waals surface area contributed by atoms with E-state index in [9.17, 15) is 9.18 Å². The Hall–Kier alpha value is -2.99. The molecule has 5 nitrogen and oxygen atoms in total. The summed E-state index contributed by atoms with van der Waals surface area (Å²) >= 11 is 0. The van der Waals surface area contributed by atoms with Gasteiger partial charge in [-0.25, -0.2) is 4.39 Å². The van der Waals surface area contributed by atoms with E-state index in [4.69, 9.17) is 0 Å². The van der Waals surface area contributed by atoms with Gasteiger partial charge in [-0.05, 0) is 69.1 Å². The third kappa shape index (κ3) is 5.43. The average molecular weight is 435 g/mol. The number of amides is 1. The van der Waals surface area contributed by atoms with Gasteiger partial charge >= 0.3 is 0 Å². The molecule has 32 heavy (non-hydrogen) atoms. The number of carbonyl (C=O) groups excluding carboxylic acids is 1. The molecule has 4 rings (SSSR count). The number of fused-ring (bicyclic) bond motifs is 1. The maximum atomic E-state index is 13.5. The number of nitrogens with one attached hydrogen (secondary N) is 1. The highest BCUT2D eigenvalue weighted by atomic mass is 19.1. The van der Waals surface area contributed by atoms with Gasteiger partial charge in [-0.3, -0.25) is 14.7 Å². The first kappa shape index (κ1) is 22.2. The zero-order valence-corrected chi connectivity index (χ0v) is 18.9. The molecule has 1 aliphatic heterocycles. The van der Waals surface area contributed by atoms with Crippen LogP contribution in [-0.2, 0) is 0 Å². The van der Waals surface area contributed by atoms with Crippen molar-refractivity contribution in [3.05, 3.63) is 71.2 Å². The van der Waals surface area contributed by atoms with Crippen molar-refractivity contribution in [3.8, 4) is 0 Å². The molecule has 0 saturated carbocycles. The summed E-state index contributed by atoms with van der Waals surface area (Å²) in [6.45, 7) is 9.87. The lowest BCUT2D eigenvalue weighted by atomic mass is 10.1. The molecular formula is C26H31FN4O. The van der Waals surface area contributed by atoms with Crippen LogP contribution in [0.25, 0.3) is 10.9 Å². The Morgan fingerprint density at radius 2 is 1.84 bits per heavy atom. The van der Waals surface area contributed by atoms with Crippen LogP contribution >= 0.6 is 0 Å². The van der Waals surface area contributed by atoms with Gasteiger partial charge in [-0.2, -0.15) is 0 Å². The van der Waals surface area contributed by atoms with Crippen molar-refractivity contribution in [2.24, 2.45) is 0 Å². The fourth-order valence-corrected chi connectivity index (χ4v) is 4.33. The summed E-state index contributed by atoms with van der Waals surface area (Å²) in [6, 6.07) is 14.8. The van der Waals surface area contributed by atoms with Crippen molar-refractivity contribution >= 4 is 22.5 Å². The van der Waals surface area contributed by atoms with Crippen LogP contribution in [0.4, 0.5) is 10.1 Å². The summed E-state index contributed by atoms with van der Waals surface area (Å²) in [6.07, 6.45) is 1.98. The smallest absolute Gasteiger partial charge is 0.252 e. The van der Waals surface area contributed by atoms with E-state index in [1.807, 2.05) is 6.92 Å². The van der Waals surface area contributed by atoms with Crippen molar-refractivity contribution in [3.63, 3.8) is 0 Å². The lowest BCUT2D eigenvalue weighted by molar-refractivity contribution is 0.0954. The van der Waals surface area contributed by atoms with Crippen LogP contribution in [0.15, 0.2) is 48.5 Å². The van der Waals surface area contributed by atoms with Gasteiger partial charge in [0.25, 0.3) is 5.91 Å². The molecule has 6 heteroatoms. The zero-order chi connectivity index (χ0) is 22.5. The Bertz CT molecular complexity index is 1090. The van der Waals surface area contributed by atoms with Gasteiger partial charge in [0.05, 0.1) is 11.1 Å². The van der Waals surface area contributed by atoms with E-state index >= 15 is 0 Å². The van der Waals surface area contributed by atoms with Crippen LogP contribution in [0.1, 0.15) is 34.5 Å². The minimum Gasteiger partial charge on any atom is -0.369 e. The summed E-state index contributed by atoms with van der Waals surface area (Å²) in [7, 11) is 0. The predicted octanol–water partition coefficient (Wildman–Crippen LogP) is 4.32. The molecule has 2 heterocycles. The maximum Gasteiger partial charge on any atom is 0.252 e. The van der Waals surface area contributed by atoms with E-state index in [-0.39, 0.29) is 11.7 Å². The SMILES string of the molecule is Cc1cccc(N2CCN(CCCCNC(=O)c3cc(C)nc4cc(F)ccc34)CC2)c1. The number of hydrogen-bond donors (Lipinski definition) is 1. The standard InChI is InChI=1S/C26H31FN4O/c1-19-6-5-7-22(16-19)31-14-12-30(13-15-31)11-4-3-10-28-26(32)24-17-20(2)29-25-18-21(27)8-9-23(24)25/h5-9,16-18H,3-4,10-15H2,1-2H3,(H,28,32). The molecule has 2 aromatic carbocycles. The molecular weight excluding hydrogens is 403 g/mol. The Balaban J connectivity index is 1.20. The summed E-state index contributed by atoms with van der Waals surface area (Å²) in [5.41, 5.74) is 4.39. The third-order valence-electron chi connectivity index (χ3n) is 6.07. The average Bonchev–Trinajstić information content (AvgIpc) is 2.78. The molecule has 0 atom stereocenters. The Morgan fingerprint density at radius 1 is 1.03 bits per heavy atom. The van der Waals surface area contributed by atoms with Crippen LogP contribution in [0.5, 0.6) is 0 Å². The molecule has 1 aliphatic rings. The molecule has 0 radical (unpaired) electrons. The normalized spacial score (nSPS) is 14.7. The number of pyridine rings is 1. The van der Waals surface area contributed by atoms with Gasteiger partial charge in [0, 0.05) is 55.6 Å². The Labute approximate surface area is 189 Å². The van der Waals surface area contributed by atoms with Crippen molar-refractivity contribution in [1.29, 1.82) is 0 Å². The lowest BCUT2D eigenvalue weighted by Crippen LogP contribution is -2.46. The second-order valence-electron chi connectivity index (χ2n) is 8.60. The van der Waals surface area contributed by atoms with E-state index < -0.39 is 0 Å². The molecule has 1 amide bonds. The molecule has 0 aliphatic carbocycles. The zero-order valence-electron chi connectivity index (χ0n) is 18.9. The van der Waals surface area contributed by atoms with E-state index in [0.717, 1.165) is 45.6 Å². The number of aryl methyl sites for hydroxylation is 2. The van der Waals surface area contributed by atoms with Crippen LogP contribution in [0.3, 0.4) is 0 Å². The van der Waals surface area contributed by atoms with Gasteiger partial charge in [-0.1, -0.05) is 12.1 Å². The second-order valence-corrected chi connectivity index (χ2v) is 8.60. The van der Waals surface area contributed by atoms with Gasteiger partial charge in [-0.15, -0.1) is 0 Å². The van der Waals surface area contributed by atoms with Crippen LogP contribution < -0.4 is 10.2 Å². The van der Waals surface area contributed by atoms with E-state index in [1.54, 1.807) is 12.1 Å². The number of rotatable bonds is 7. The first-order valence-corrected chi connectivity index (χ1v) is 11.4. The quantitative estimate of drug-likeness (QED) is 0.563. The molecule has 0 unspecified atom stereocenters. The van der Waals surface area contributed by atoms with Crippen LogP contribution in [0.2, 0.25) is 0 Å². The topological polar surface area (TPSA) is 48.5 Å². The number of anilines is 1. The first-order chi connectivity index (χ1) is 15.5. The first-order valence-electron chi connectivity index (χ1n) is 11.4. The van der Waals surface area contributed by atoms with E-state index in [2.05, 4.69) is 51.3 Å². The molecule has 0 bridgehead atoms. The molecule has 3 aromatic rings. The van der Waals surface area contributed by atoms with E-state index in [1.165, 1.54) is 23.4 Å². The number of benzene rings is 2. The van der Waals surface area contributed by atoms with Gasteiger partial charge < -0.3 is 10.2 Å². The van der Waals surface area contributed by atoms with Gasteiger partial charge in [0.2, 0.25) is 0 Å². The molecule has 1 fully saturated rings. The highest BCUT2D eigenvalue weighted by Crippen LogP contribution is 2.20. The minimum absolute atomic E-state index is 0.126. The number of hydrogen-bond acceptors (Lipinski definition) is 4. The van der Waals surface area contributed by atoms with Crippen molar-refractivity contribution in [2.45, 2.75) is 26.7 Å². The van der Waals surface area contributed by atoms with Gasteiger partial charge in [0.15, 0.2) is 0 Å². The number of carbonyl (C=O) groups is 1. The molecule has 1 aromatic heterocycles. The second kappa shape index (κ2) is 10.1. The number of piperazine rings is 1. The molecule has 0 spiro atoms. The third-order valence-corrected chi connectivity index (χ3v) is 6.07. The number of halogens is 1. The molecule has 168 valence electrons. The Morgan fingerprint density at radius 3 is 2.62 bits per heavy atom. The monoisotopic (exact) mass is 434 g/mol. The lowest BCUT2D eigenvalue weighted by Gasteiger charge is -2.36. The summed E-state index contributed by atoms with van der Waals surface area (Å²) in [5, 5.41) is 3.70. The van der Waals surface area contributed by atoms with Crippen molar-refractivity contribution in [2.75, 3.05) is 44.2 Å². The maximum absolute atomic E-state index is 13.5. The van der Waals surface area contributed by atoms with E-state index in [0.29, 0.717) is 28.7 Å². The van der Waals surface area contributed by atoms with Crippen LogP contribution in [0, 0.1) is 19.7 Å². The molecule has 1 saturated heterocycles. The minimum atomic E-state index is -0.346. The highest BCUT2D eigenvalue weighted by molar-refractivity contribution is 6.06. The van der Waals surface area contributed by atoms with Gasteiger partial charge in [0.1, 0.15) is 5.82 Å². The summed E-state index contributed by atoms with van der Waals surface area (Å²) < 4.78 is 13.5. The Kier molecular flexibility index (Phi) is 7.00. The van der Waals surface area contributed by atoms with Crippen molar-refractivity contribution in [1.82, 2.24) is 15.2 Å². The fourth-order valence-electron chi connectivity index (χ4n) is 4.33. The van der Waals surface area contributed by atoms with Crippen LogP contribution in [-0.4, -0.2) is 55.1 Å². The number of nitrogens with zero attached hydrogens (tertiary/aromatic N) is 3.